The fourth-order valence-corrected chi connectivity index (χ4v) is 13.0. The van der Waals surface area contributed by atoms with Crippen LogP contribution in [0.1, 0.15) is 211 Å². The predicted octanol–water partition coefficient (Wildman–Crippen LogP) is 0.0341. The molecule has 8 aromatic rings. The van der Waals surface area contributed by atoms with E-state index in [1.165, 1.54) is 94.9 Å². The molecule has 0 unspecified atom stereocenters. The van der Waals surface area contributed by atoms with Gasteiger partial charge in [0.25, 0.3) is 0 Å². The normalized spacial score (nSPS) is 23.8. The molecule has 4 fully saturated rings. The smallest absolute Gasteiger partial charge is 0.209 e. The number of carbonyl (C=O) groups is 4. The quantitative estimate of drug-likeness (QED) is 0.0217. The predicted molar refractivity (Wildman–Crippen MR) is 418 cm³/mol. The largest absolute Gasteiger partial charge is 0.394 e. The summed E-state index contributed by atoms with van der Waals surface area (Å²) in [5.74, 6) is 20.1. The number of aliphatic hydroxyl groups excluding tert-OH is 12. The molecule has 0 aromatic carbocycles. The Kier molecular flexibility index (Phi) is 33.9. The van der Waals surface area contributed by atoms with E-state index in [2.05, 4.69) is 121 Å². The zero-order valence-corrected chi connectivity index (χ0v) is 65.3. The molecule has 4 aliphatic heterocycles. The number of Topliss-reactive ketones (excluding diaryl/α,β-unsaturated/α-hetero) is 4. The lowest BCUT2D eigenvalue weighted by Crippen LogP contribution is -2.33. The monoisotopic (exact) mass is 1630 g/mol. The van der Waals surface area contributed by atoms with Gasteiger partial charge in [-0.25, -0.2) is 59.8 Å². The van der Waals surface area contributed by atoms with Gasteiger partial charge in [-0.2, -0.15) is 0 Å². The number of nitrogens with zero attached hydrogens (tertiary/aromatic N) is 16. The number of ether oxygens (including phenoxy) is 4. The Labute approximate surface area is 671 Å². The summed E-state index contributed by atoms with van der Waals surface area (Å²) in [5, 5.41) is 118. The topological polar surface area (TPSA) is 626 Å². The average molecular weight is 1630 g/mol. The van der Waals surface area contributed by atoms with Crippen molar-refractivity contribution in [3.8, 4) is 47.4 Å². The van der Waals surface area contributed by atoms with Gasteiger partial charge in [0.1, 0.15) is 95.3 Å². The first-order valence-electron chi connectivity index (χ1n) is 39.0. The Morgan fingerprint density at radius 2 is 0.538 bits per heavy atom. The minimum absolute atomic E-state index is 0.0351. The fourth-order valence-electron chi connectivity index (χ4n) is 13.0. The van der Waals surface area contributed by atoms with E-state index in [-0.39, 0.29) is 114 Å². The number of fused-ring (bicyclic) bond motifs is 4. The van der Waals surface area contributed by atoms with Crippen molar-refractivity contribution >= 4 is 91.1 Å². The highest BCUT2D eigenvalue weighted by Gasteiger charge is 2.48. The van der Waals surface area contributed by atoms with Gasteiger partial charge >= 0.3 is 0 Å². The Morgan fingerprint density at radius 3 is 0.778 bits per heavy atom. The first kappa shape index (κ1) is 90.6. The number of nitrogen functional groups attached to an aromatic ring is 4. The molecule has 16 atom stereocenters. The number of rotatable bonds is 29. The molecule has 4 aliphatic rings. The van der Waals surface area contributed by atoms with Gasteiger partial charge < -0.3 is 103 Å². The molecule has 0 amide bonds. The summed E-state index contributed by atoms with van der Waals surface area (Å²) >= 11 is 0. The number of imidazole rings is 4. The van der Waals surface area contributed by atoms with Crippen LogP contribution in [0.5, 0.6) is 0 Å². The van der Waals surface area contributed by atoms with Crippen molar-refractivity contribution in [3.63, 3.8) is 0 Å². The first-order chi connectivity index (χ1) is 56.3. The third-order valence-electron chi connectivity index (χ3n) is 19.5. The number of ketones is 4. The van der Waals surface area contributed by atoms with Crippen LogP contribution in [-0.4, -0.2) is 262 Å². The van der Waals surface area contributed by atoms with Crippen LogP contribution in [-0.2, 0) is 38.1 Å². The van der Waals surface area contributed by atoms with Crippen LogP contribution >= 0.6 is 0 Å². The second-order valence-electron chi connectivity index (χ2n) is 28.2. The molecule has 4 saturated heterocycles. The molecule has 0 spiro atoms. The Bertz CT molecular complexity index is 4970. The second kappa shape index (κ2) is 43.8. The average Bonchev–Trinajstić information content (AvgIpc) is 1.64. The molecule has 117 heavy (non-hydrogen) atoms. The van der Waals surface area contributed by atoms with Crippen molar-refractivity contribution < 1.29 is 99.4 Å². The van der Waals surface area contributed by atoms with Crippen molar-refractivity contribution in [3.05, 3.63) is 48.6 Å². The van der Waals surface area contributed by atoms with Crippen LogP contribution in [0.3, 0.4) is 0 Å². The van der Waals surface area contributed by atoms with Crippen molar-refractivity contribution in [1.82, 2.24) is 78.1 Å². The highest BCUT2D eigenvalue weighted by molar-refractivity contribution is 5.97. The molecule has 8 aromatic heterocycles. The van der Waals surface area contributed by atoms with E-state index < -0.39 is 125 Å². The van der Waals surface area contributed by atoms with Crippen LogP contribution in [0.25, 0.3) is 44.7 Å². The minimum Gasteiger partial charge on any atom is -0.394 e. The van der Waals surface area contributed by atoms with E-state index in [4.69, 9.17) is 41.9 Å². The third kappa shape index (κ3) is 22.9. The molecular formula is C77H102N20O20. The summed E-state index contributed by atoms with van der Waals surface area (Å²) in [6.45, 7) is 6.35. The lowest BCUT2D eigenvalue weighted by atomic mass is 10.0. The Hall–Kier alpha value is -10.3. The molecule has 630 valence electrons. The van der Waals surface area contributed by atoms with E-state index in [0.29, 0.717) is 32.1 Å². The number of aliphatic hydroxyl groups is 12. The summed E-state index contributed by atoms with van der Waals surface area (Å²) in [5.41, 5.74) is 25.8. The Balaban J connectivity index is 0.000000180. The van der Waals surface area contributed by atoms with E-state index in [0.717, 1.165) is 51.4 Å². The first-order valence-corrected chi connectivity index (χ1v) is 39.0. The number of nitrogens with two attached hydrogens (primary N) is 4. The van der Waals surface area contributed by atoms with Crippen molar-refractivity contribution in [2.75, 3.05) is 49.4 Å². The summed E-state index contributed by atoms with van der Waals surface area (Å²) in [7, 11) is 0. The Morgan fingerprint density at radius 1 is 0.316 bits per heavy atom. The SMILES string of the molecule is CCCC(=O)C#Cc1nc(N)c2ncn([C@@H]3O[C@H](CO)[C@@H](O)[C@H]3O)c2n1.CCCCC(=O)C#Cc1nc(N)c2ncn([C@@H]3O[C@H](CO)[C@@H](O)[C@H]3O)c2n1.CCCCCC(=O)C#Cc1nc(N)c2ncn([C@@H]3O[C@H](CO)[C@@H](O)[C@H]3O)c2n1.CCCCCCCCCCCCCC(=O)C#Cc1nc(N)c2ncn([C@@H]3O[C@H](CO)[C@@H](O)[C@H]3O)c2n1. The maximum atomic E-state index is 12.2. The summed E-state index contributed by atoms with van der Waals surface area (Å²) < 4.78 is 27.6. The molecular weight excluding hydrogens is 1520 g/mol. The van der Waals surface area contributed by atoms with Crippen molar-refractivity contribution in [1.29, 1.82) is 0 Å². The van der Waals surface area contributed by atoms with Gasteiger partial charge in [-0.3, -0.25) is 37.4 Å². The summed E-state index contributed by atoms with van der Waals surface area (Å²) in [6.07, 6.45) is 7.37. The van der Waals surface area contributed by atoms with Gasteiger partial charge in [0.05, 0.1) is 51.7 Å². The molecule has 40 nitrogen and oxygen atoms in total. The van der Waals surface area contributed by atoms with Gasteiger partial charge in [0.15, 0.2) is 70.8 Å². The standard InChI is InChI=1S/C26H39N5O5.C18H23N5O5.C17H21N5O5.C16H19N5O5/c1-2-3-4-5-6-7-8-9-10-11-12-13-18(33)14-15-20-29-24(27)21-25(30-20)31(17-28-21)26-23(35)22(34)19(16-32)36-26;1-2-3-4-5-10(25)6-7-12-21-16(19)13-17(22-12)23(9-20-13)18-15(27)14(26)11(8-24)28-18;1-2-3-4-9(24)5-6-11-20-15(18)12-16(21-11)22(8-19-12)17-14(26)13(25)10(7-23)27-17;1-2-3-8(23)4-5-10-19-14(17)11-15(20-10)21(7-18-11)16-13(25)12(24)9(6-22)26-16/h17,19,22-23,26,32,34-35H,2-13,16H2,1H3,(H2,27,29,30);9,11,14-15,18,24,26-27H,2-5,8H2,1H3,(H2,19,21,22);8,10,13-14,17,23,25-26H,2-4,7H2,1H3,(H2,18,20,21);7,9,12-13,16,22,24-25H,2-3,6H2,1H3,(H2,17,19,20)/t19-,22-,23-,26-;11-,14-,15-,18-;10-,13-,14-,17-;9-,12-,13-,16-/m1111/s1. The van der Waals surface area contributed by atoms with Crippen LogP contribution in [0, 0.1) is 47.4 Å². The van der Waals surface area contributed by atoms with Crippen LogP contribution in [0.15, 0.2) is 25.3 Å². The molecule has 40 heteroatoms. The molecule has 0 aliphatic carbocycles. The molecule has 0 saturated carbocycles. The number of hydrogen-bond acceptors (Lipinski definition) is 36. The van der Waals surface area contributed by atoms with Crippen molar-refractivity contribution in [2.45, 2.75) is 261 Å². The van der Waals surface area contributed by atoms with Gasteiger partial charge in [-0.05, 0) is 73.0 Å². The number of aromatic nitrogens is 16. The lowest BCUT2D eigenvalue weighted by molar-refractivity contribution is -0.114. The highest BCUT2D eigenvalue weighted by atomic mass is 16.6. The number of anilines is 4. The van der Waals surface area contributed by atoms with Crippen molar-refractivity contribution in [2.24, 2.45) is 0 Å². The molecule has 12 heterocycles. The van der Waals surface area contributed by atoms with Crippen LogP contribution in [0.2, 0.25) is 0 Å². The zero-order chi connectivity index (χ0) is 84.6. The number of carbonyl (C=O) groups excluding carboxylic acids is 4. The van der Waals surface area contributed by atoms with Gasteiger partial charge in [-0.15, -0.1) is 0 Å². The lowest BCUT2D eigenvalue weighted by Gasteiger charge is -2.16. The zero-order valence-electron chi connectivity index (χ0n) is 65.3. The maximum absolute atomic E-state index is 12.2. The van der Waals surface area contributed by atoms with Gasteiger partial charge in [0.2, 0.25) is 46.4 Å². The number of unbranched alkanes of at least 4 members (excludes halogenated alkanes) is 13. The number of hydrogen-bond donors (Lipinski definition) is 16. The molecule has 12 rings (SSSR count). The van der Waals surface area contributed by atoms with Crippen LogP contribution < -0.4 is 22.9 Å². The third-order valence-corrected chi connectivity index (χ3v) is 19.5. The van der Waals surface area contributed by atoms with Gasteiger partial charge in [0, 0.05) is 25.7 Å². The second-order valence-corrected chi connectivity index (χ2v) is 28.2. The van der Waals surface area contributed by atoms with E-state index in [1.807, 2.05) is 13.8 Å². The minimum atomic E-state index is -1.29. The maximum Gasteiger partial charge on any atom is 0.209 e. The summed E-state index contributed by atoms with van der Waals surface area (Å²) in [4.78, 5) is 97.1. The summed E-state index contributed by atoms with van der Waals surface area (Å²) in [6, 6.07) is 0. The van der Waals surface area contributed by atoms with E-state index in [9.17, 15) is 80.5 Å². The van der Waals surface area contributed by atoms with Gasteiger partial charge in [-0.1, -0.05) is 111 Å². The van der Waals surface area contributed by atoms with E-state index >= 15 is 0 Å². The fraction of sp³-hybridized carbons (Fsp3) is 0.584. The van der Waals surface area contributed by atoms with Crippen LogP contribution in [0.4, 0.5) is 23.3 Å². The molecule has 0 radical (unpaired) electrons. The molecule has 0 bridgehead atoms. The van der Waals surface area contributed by atoms with E-state index in [1.54, 1.807) is 0 Å². The molecule has 20 N–H and O–H groups in total. The highest BCUT2D eigenvalue weighted by Crippen LogP contribution is 2.37.